The molecule has 1 aromatic heterocycles. The van der Waals surface area contributed by atoms with Gasteiger partial charge in [-0.15, -0.1) is 10.2 Å². The zero-order chi connectivity index (χ0) is 15.4. The van der Waals surface area contributed by atoms with Crippen molar-refractivity contribution in [2.24, 2.45) is 5.10 Å². The molecule has 0 saturated heterocycles. The van der Waals surface area contributed by atoms with Gasteiger partial charge in [0.15, 0.2) is 11.5 Å². The van der Waals surface area contributed by atoms with Crippen LogP contribution in [-0.4, -0.2) is 26.6 Å². The summed E-state index contributed by atoms with van der Waals surface area (Å²) in [4.78, 5) is 0. The van der Waals surface area contributed by atoms with Crippen molar-refractivity contribution in [1.82, 2.24) is 10.2 Å². The molecule has 3 aromatic rings. The second kappa shape index (κ2) is 6.23. The van der Waals surface area contributed by atoms with Gasteiger partial charge < -0.3 is 10.2 Å². The number of aromatic hydroxyl groups is 2. The van der Waals surface area contributed by atoms with Crippen molar-refractivity contribution in [2.75, 3.05) is 5.43 Å². The molecule has 0 amide bonds. The van der Waals surface area contributed by atoms with Crippen molar-refractivity contribution in [1.29, 1.82) is 0 Å². The zero-order valence-corrected chi connectivity index (χ0v) is 12.2. The summed E-state index contributed by atoms with van der Waals surface area (Å²) in [7, 11) is 0. The van der Waals surface area contributed by atoms with Crippen LogP contribution in [0, 0.1) is 0 Å². The molecule has 0 fully saturated rings. The van der Waals surface area contributed by atoms with Crippen LogP contribution in [-0.2, 0) is 0 Å². The van der Waals surface area contributed by atoms with Gasteiger partial charge in [-0.05, 0) is 23.8 Å². The number of rotatable bonds is 4. The maximum atomic E-state index is 9.39. The molecular weight excluding hydrogens is 300 g/mol. The maximum Gasteiger partial charge on any atom is 0.226 e. The fourth-order valence-corrected chi connectivity index (χ4v) is 2.45. The van der Waals surface area contributed by atoms with Crippen LogP contribution in [0.5, 0.6) is 11.5 Å². The van der Waals surface area contributed by atoms with Crippen molar-refractivity contribution in [3.05, 3.63) is 54.1 Å². The van der Waals surface area contributed by atoms with Gasteiger partial charge >= 0.3 is 0 Å². The van der Waals surface area contributed by atoms with Crippen molar-refractivity contribution in [3.8, 4) is 22.1 Å². The number of hydrogen-bond acceptors (Lipinski definition) is 7. The molecule has 0 radical (unpaired) electrons. The molecule has 0 atom stereocenters. The SMILES string of the molecule is Oc1ccc(/C=N/Nc2nnc(-c3ccccc3)s2)cc1O. The standard InChI is InChI=1S/C15H12N4O2S/c20-12-7-6-10(8-13(12)21)9-16-18-15-19-17-14(22-15)11-4-2-1-3-5-11/h1-9,20-21H,(H,18,19)/b16-9+. The van der Waals surface area contributed by atoms with Crippen LogP contribution < -0.4 is 5.43 Å². The first-order valence-electron chi connectivity index (χ1n) is 6.42. The number of hydrazone groups is 1. The van der Waals surface area contributed by atoms with Gasteiger partial charge in [0.1, 0.15) is 5.01 Å². The lowest BCUT2D eigenvalue weighted by Crippen LogP contribution is -1.89. The van der Waals surface area contributed by atoms with E-state index in [0.29, 0.717) is 10.7 Å². The van der Waals surface area contributed by atoms with Gasteiger partial charge in [0, 0.05) is 5.56 Å². The molecule has 3 N–H and O–H groups in total. The Labute approximate surface area is 130 Å². The minimum absolute atomic E-state index is 0.165. The van der Waals surface area contributed by atoms with E-state index in [2.05, 4.69) is 20.7 Å². The predicted octanol–water partition coefficient (Wildman–Crippen LogP) is 3.06. The number of aromatic nitrogens is 2. The summed E-state index contributed by atoms with van der Waals surface area (Å²) in [6.45, 7) is 0. The second-order valence-electron chi connectivity index (χ2n) is 4.40. The van der Waals surface area contributed by atoms with Crippen LogP contribution in [0.4, 0.5) is 5.13 Å². The smallest absolute Gasteiger partial charge is 0.226 e. The Kier molecular flexibility index (Phi) is 3.97. The highest BCUT2D eigenvalue weighted by Crippen LogP contribution is 2.26. The molecule has 0 unspecified atom stereocenters. The van der Waals surface area contributed by atoms with Gasteiger partial charge in [-0.2, -0.15) is 5.10 Å². The summed E-state index contributed by atoms with van der Waals surface area (Å²) in [5.41, 5.74) is 4.44. The van der Waals surface area contributed by atoms with E-state index in [1.54, 1.807) is 6.07 Å². The summed E-state index contributed by atoms with van der Waals surface area (Å²) >= 11 is 1.39. The van der Waals surface area contributed by atoms with Crippen LogP contribution in [0.15, 0.2) is 53.6 Å². The van der Waals surface area contributed by atoms with E-state index in [4.69, 9.17) is 0 Å². The summed E-state index contributed by atoms with van der Waals surface area (Å²) < 4.78 is 0. The first-order valence-corrected chi connectivity index (χ1v) is 7.24. The van der Waals surface area contributed by atoms with Crippen molar-refractivity contribution in [3.63, 3.8) is 0 Å². The van der Waals surface area contributed by atoms with Crippen LogP contribution in [0.2, 0.25) is 0 Å². The molecular formula is C15H12N4O2S. The van der Waals surface area contributed by atoms with Gasteiger partial charge in [-0.25, -0.2) is 0 Å². The Hall–Kier alpha value is -2.93. The lowest BCUT2D eigenvalue weighted by atomic mass is 10.2. The molecule has 110 valence electrons. The highest BCUT2D eigenvalue weighted by molar-refractivity contribution is 7.18. The van der Waals surface area contributed by atoms with E-state index in [-0.39, 0.29) is 11.5 Å². The number of benzene rings is 2. The van der Waals surface area contributed by atoms with Crippen LogP contribution in [0.3, 0.4) is 0 Å². The molecule has 2 aromatic carbocycles. The molecule has 22 heavy (non-hydrogen) atoms. The molecule has 0 spiro atoms. The van der Waals surface area contributed by atoms with E-state index >= 15 is 0 Å². The van der Waals surface area contributed by atoms with Crippen LogP contribution >= 0.6 is 11.3 Å². The molecule has 7 heteroatoms. The number of nitrogens with zero attached hydrogens (tertiary/aromatic N) is 3. The average Bonchev–Trinajstić information content (AvgIpc) is 3.01. The Balaban J connectivity index is 1.68. The molecule has 0 aliphatic carbocycles. The largest absolute Gasteiger partial charge is 0.504 e. The van der Waals surface area contributed by atoms with Crippen molar-refractivity contribution < 1.29 is 10.2 Å². The van der Waals surface area contributed by atoms with E-state index < -0.39 is 0 Å². The second-order valence-corrected chi connectivity index (χ2v) is 5.37. The van der Waals surface area contributed by atoms with Crippen LogP contribution in [0.1, 0.15) is 5.56 Å². The number of nitrogens with one attached hydrogen (secondary N) is 1. The molecule has 0 saturated carbocycles. The molecule has 6 nitrogen and oxygen atoms in total. The van der Waals surface area contributed by atoms with Gasteiger partial charge in [-0.1, -0.05) is 41.7 Å². The lowest BCUT2D eigenvalue weighted by molar-refractivity contribution is 0.403. The third-order valence-electron chi connectivity index (χ3n) is 2.82. The predicted molar refractivity (Wildman–Crippen MR) is 86.3 cm³/mol. The molecule has 0 aliphatic heterocycles. The number of anilines is 1. The normalized spacial score (nSPS) is 10.9. The number of phenols is 2. The quantitative estimate of drug-likeness (QED) is 0.391. The van der Waals surface area contributed by atoms with Gasteiger partial charge in [0.25, 0.3) is 0 Å². The minimum Gasteiger partial charge on any atom is -0.504 e. The van der Waals surface area contributed by atoms with Crippen molar-refractivity contribution in [2.45, 2.75) is 0 Å². The first kappa shape index (κ1) is 14.0. The lowest BCUT2D eigenvalue weighted by Gasteiger charge is -1.98. The molecule has 1 heterocycles. The maximum absolute atomic E-state index is 9.39. The monoisotopic (exact) mass is 312 g/mol. The average molecular weight is 312 g/mol. The Morgan fingerprint density at radius 1 is 1.00 bits per heavy atom. The van der Waals surface area contributed by atoms with E-state index in [1.807, 2.05) is 30.3 Å². The highest BCUT2D eigenvalue weighted by atomic mass is 32.1. The third kappa shape index (κ3) is 3.21. The third-order valence-corrected chi connectivity index (χ3v) is 3.70. The van der Waals surface area contributed by atoms with Gasteiger partial charge in [0.2, 0.25) is 5.13 Å². The Bertz CT molecular complexity index is 802. The minimum atomic E-state index is -0.189. The van der Waals surface area contributed by atoms with Crippen molar-refractivity contribution >= 4 is 22.7 Å². The Morgan fingerprint density at radius 3 is 2.59 bits per heavy atom. The fourth-order valence-electron chi connectivity index (χ4n) is 1.75. The molecule has 0 bridgehead atoms. The van der Waals surface area contributed by atoms with Crippen LogP contribution in [0.25, 0.3) is 10.6 Å². The molecule has 3 rings (SSSR count). The van der Waals surface area contributed by atoms with E-state index in [1.165, 1.54) is 29.7 Å². The van der Waals surface area contributed by atoms with E-state index in [9.17, 15) is 10.2 Å². The summed E-state index contributed by atoms with van der Waals surface area (Å²) in [6, 6.07) is 14.2. The zero-order valence-electron chi connectivity index (χ0n) is 11.3. The Morgan fingerprint density at radius 2 is 1.82 bits per heavy atom. The number of hydrogen-bond donors (Lipinski definition) is 3. The summed E-state index contributed by atoms with van der Waals surface area (Å²) in [6.07, 6.45) is 1.52. The van der Waals surface area contributed by atoms with E-state index in [0.717, 1.165) is 10.6 Å². The van der Waals surface area contributed by atoms with Gasteiger partial charge in [0.05, 0.1) is 6.21 Å². The summed E-state index contributed by atoms with van der Waals surface area (Å²) in [5, 5.41) is 32.1. The fraction of sp³-hybridized carbons (Fsp3) is 0. The highest BCUT2D eigenvalue weighted by Gasteiger charge is 2.05. The summed E-state index contributed by atoms with van der Waals surface area (Å²) in [5.74, 6) is -0.354. The first-order chi connectivity index (χ1) is 10.7. The number of phenolic OH excluding ortho intramolecular Hbond substituents is 2. The van der Waals surface area contributed by atoms with Gasteiger partial charge in [-0.3, -0.25) is 5.43 Å². The molecule has 0 aliphatic rings. The topological polar surface area (TPSA) is 90.6 Å².